The highest BCUT2D eigenvalue weighted by molar-refractivity contribution is 9.10. The van der Waals surface area contributed by atoms with Gasteiger partial charge < -0.3 is 0 Å². The van der Waals surface area contributed by atoms with Gasteiger partial charge in [-0.25, -0.2) is 4.79 Å². The lowest BCUT2D eigenvalue weighted by Gasteiger charge is -2.32. The van der Waals surface area contributed by atoms with Crippen LogP contribution < -0.4 is 0 Å². The van der Waals surface area contributed by atoms with Gasteiger partial charge in [-0.1, -0.05) is 34.1 Å². The van der Waals surface area contributed by atoms with Crippen molar-refractivity contribution in [1.29, 1.82) is 0 Å². The van der Waals surface area contributed by atoms with E-state index in [4.69, 9.17) is 0 Å². The predicted molar refractivity (Wildman–Crippen MR) is 72.1 cm³/mol. The first-order valence-corrected chi connectivity index (χ1v) is 6.72. The van der Waals surface area contributed by atoms with E-state index in [9.17, 15) is 14.4 Å². The van der Waals surface area contributed by atoms with Crippen molar-refractivity contribution in [1.82, 2.24) is 9.80 Å². The first-order valence-electron chi connectivity index (χ1n) is 5.92. The van der Waals surface area contributed by atoms with Crippen LogP contribution in [-0.2, 0) is 16.1 Å². The molecule has 6 heteroatoms. The molecule has 0 aliphatic carbocycles. The van der Waals surface area contributed by atoms with Crippen molar-refractivity contribution in [3.05, 3.63) is 34.3 Å². The molecule has 0 unspecified atom stereocenters. The van der Waals surface area contributed by atoms with E-state index >= 15 is 0 Å². The minimum Gasteiger partial charge on any atom is -0.274 e. The van der Waals surface area contributed by atoms with Gasteiger partial charge in [0.1, 0.15) is 6.42 Å². The number of rotatable bonds is 3. The molecule has 5 nitrogen and oxygen atoms in total. The van der Waals surface area contributed by atoms with Gasteiger partial charge in [0, 0.05) is 11.0 Å². The number of carbonyl (C=O) groups is 3. The van der Waals surface area contributed by atoms with E-state index in [2.05, 4.69) is 15.9 Å². The predicted octanol–water partition coefficient (Wildman–Crippen LogP) is 2.15. The van der Waals surface area contributed by atoms with Crippen LogP contribution in [0.4, 0.5) is 4.79 Å². The number of hydrogen-bond donors (Lipinski definition) is 0. The van der Waals surface area contributed by atoms with Crippen molar-refractivity contribution >= 4 is 33.8 Å². The van der Waals surface area contributed by atoms with Gasteiger partial charge in [-0.3, -0.25) is 19.4 Å². The van der Waals surface area contributed by atoms with E-state index < -0.39 is 17.8 Å². The zero-order valence-corrected chi connectivity index (χ0v) is 12.0. The van der Waals surface area contributed by atoms with Gasteiger partial charge >= 0.3 is 6.03 Å². The zero-order chi connectivity index (χ0) is 14.0. The number of halogens is 1. The summed E-state index contributed by atoms with van der Waals surface area (Å²) in [4.78, 5) is 37.7. The van der Waals surface area contributed by atoms with E-state index in [0.29, 0.717) is 0 Å². The lowest BCUT2D eigenvalue weighted by atomic mass is 10.2. The Kier molecular flexibility index (Phi) is 3.99. The molecule has 0 radical (unpaired) electrons. The molecule has 4 amide bonds. The van der Waals surface area contributed by atoms with Crippen molar-refractivity contribution in [2.45, 2.75) is 19.9 Å². The summed E-state index contributed by atoms with van der Waals surface area (Å²) in [7, 11) is 0. The van der Waals surface area contributed by atoms with Crippen molar-refractivity contribution in [3.63, 3.8) is 0 Å². The topological polar surface area (TPSA) is 57.7 Å². The first-order chi connectivity index (χ1) is 9.04. The summed E-state index contributed by atoms with van der Waals surface area (Å²) in [6, 6.07) is 6.82. The average molecular weight is 325 g/mol. The van der Waals surface area contributed by atoms with E-state index in [1.54, 1.807) is 6.92 Å². The van der Waals surface area contributed by atoms with Gasteiger partial charge in [-0.2, -0.15) is 0 Å². The molecule has 0 atom stereocenters. The Labute approximate surface area is 119 Å². The maximum Gasteiger partial charge on any atom is 0.333 e. The summed E-state index contributed by atoms with van der Waals surface area (Å²) in [5, 5.41) is 0. The van der Waals surface area contributed by atoms with Gasteiger partial charge in [-0.15, -0.1) is 0 Å². The molecule has 0 N–H and O–H groups in total. The molecule has 19 heavy (non-hydrogen) atoms. The molecule has 1 fully saturated rings. The SMILES string of the molecule is CCN1C(=O)CC(=O)N(Cc2ccccc2Br)C1=O. The monoisotopic (exact) mass is 324 g/mol. The molecule has 100 valence electrons. The third-order valence-corrected chi connectivity index (χ3v) is 3.74. The van der Waals surface area contributed by atoms with Crippen molar-refractivity contribution < 1.29 is 14.4 Å². The lowest BCUT2D eigenvalue weighted by Crippen LogP contribution is -2.54. The maximum absolute atomic E-state index is 12.1. The third-order valence-electron chi connectivity index (χ3n) is 2.97. The van der Waals surface area contributed by atoms with Gasteiger partial charge in [0.05, 0.1) is 6.54 Å². The maximum atomic E-state index is 12.1. The van der Waals surface area contributed by atoms with Gasteiger partial charge in [-0.05, 0) is 18.6 Å². The van der Waals surface area contributed by atoms with Crippen LogP contribution in [0.3, 0.4) is 0 Å². The second-order valence-corrected chi connectivity index (χ2v) is 5.02. The fourth-order valence-electron chi connectivity index (χ4n) is 1.94. The molecule has 1 aromatic rings. The number of urea groups is 1. The molecule has 0 spiro atoms. The van der Waals surface area contributed by atoms with Crippen LogP contribution in [0.5, 0.6) is 0 Å². The molecule has 0 bridgehead atoms. The third kappa shape index (κ3) is 2.68. The Morgan fingerprint density at radius 2 is 1.74 bits per heavy atom. The number of hydrogen-bond acceptors (Lipinski definition) is 3. The quantitative estimate of drug-likeness (QED) is 0.800. The summed E-state index contributed by atoms with van der Waals surface area (Å²) >= 11 is 3.38. The second kappa shape index (κ2) is 5.52. The fraction of sp³-hybridized carbons (Fsp3) is 0.308. The Balaban J connectivity index is 2.24. The second-order valence-electron chi connectivity index (χ2n) is 4.17. The van der Waals surface area contributed by atoms with Crippen LogP contribution >= 0.6 is 15.9 Å². The summed E-state index contributed by atoms with van der Waals surface area (Å²) in [6.45, 7) is 2.16. The largest absolute Gasteiger partial charge is 0.333 e. The standard InChI is InChI=1S/C13H13BrN2O3/c1-2-15-11(17)7-12(18)16(13(15)19)8-9-5-3-4-6-10(9)14/h3-6H,2,7-8H2,1H3. The normalized spacial score (nSPS) is 16.2. The number of carbonyl (C=O) groups excluding carboxylic acids is 3. The number of imide groups is 2. The average Bonchev–Trinajstić information content (AvgIpc) is 2.36. The molecular formula is C13H13BrN2O3. The highest BCUT2D eigenvalue weighted by atomic mass is 79.9. The van der Waals surface area contributed by atoms with E-state index in [-0.39, 0.29) is 19.5 Å². The number of barbiturate groups is 1. The molecular weight excluding hydrogens is 312 g/mol. The number of amides is 4. The van der Waals surface area contributed by atoms with Crippen LogP contribution in [0, 0.1) is 0 Å². The van der Waals surface area contributed by atoms with E-state index in [0.717, 1.165) is 19.8 Å². The van der Waals surface area contributed by atoms with Crippen LogP contribution in [0.25, 0.3) is 0 Å². The van der Waals surface area contributed by atoms with Gasteiger partial charge in [0.2, 0.25) is 11.8 Å². The molecule has 1 aliphatic heterocycles. The van der Waals surface area contributed by atoms with Crippen LogP contribution in [0.2, 0.25) is 0 Å². The minimum atomic E-state index is -0.542. The van der Waals surface area contributed by atoms with Crippen molar-refractivity contribution in [2.24, 2.45) is 0 Å². The molecule has 1 saturated heterocycles. The Hall–Kier alpha value is -1.69. The Morgan fingerprint density at radius 3 is 2.37 bits per heavy atom. The Morgan fingerprint density at radius 1 is 1.11 bits per heavy atom. The van der Waals surface area contributed by atoms with Gasteiger partial charge in [0.15, 0.2) is 0 Å². The van der Waals surface area contributed by atoms with E-state index in [1.165, 1.54) is 0 Å². The van der Waals surface area contributed by atoms with Crippen LogP contribution in [-0.4, -0.2) is 34.2 Å². The van der Waals surface area contributed by atoms with Crippen LogP contribution in [0.1, 0.15) is 18.9 Å². The Bertz CT molecular complexity index is 544. The molecule has 0 saturated carbocycles. The fourth-order valence-corrected chi connectivity index (χ4v) is 2.35. The van der Waals surface area contributed by atoms with Crippen LogP contribution in [0.15, 0.2) is 28.7 Å². The van der Waals surface area contributed by atoms with Gasteiger partial charge in [0.25, 0.3) is 0 Å². The van der Waals surface area contributed by atoms with Crippen molar-refractivity contribution in [3.8, 4) is 0 Å². The summed E-state index contributed by atoms with van der Waals surface area (Å²) in [6.07, 6.45) is -0.246. The lowest BCUT2D eigenvalue weighted by molar-refractivity contribution is -0.142. The zero-order valence-electron chi connectivity index (χ0n) is 10.4. The molecule has 2 rings (SSSR count). The summed E-state index contributed by atoms with van der Waals surface area (Å²) < 4.78 is 0.829. The smallest absolute Gasteiger partial charge is 0.274 e. The molecule has 1 aliphatic rings. The number of benzene rings is 1. The first kappa shape index (κ1) is 13.7. The number of nitrogens with zero attached hydrogens (tertiary/aromatic N) is 2. The summed E-state index contributed by atoms with van der Waals surface area (Å²) in [5.41, 5.74) is 0.828. The van der Waals surface area contributed by atoms with Crippen molar-refractivity contribution in [2.75, 3.05) is 6.54 Å². The highest BCUT2D eigenvalue weighted by Gasteiger charge is 2.36. The summed E-state index contributed by atoms with van der Waals surface area (Å²) in [5.74, 6) is -0.878. The minimum absolute atomic E-state index is 0.170. The molecule has 1 heterocycles. The highest BCUT2D eigenvalue weighted by Crippen LogP contribution is 2.21. The molecule has 1 aromatic carbocycles. The molecule has 0 aromatic heterocycles. The van der Waals surface area contributed by atoms with E-state index in [1.807, 2.05) is 24.3 Å².